The third-order valence-electron chi connectivity index (χ3n) is 4.43. The summed E-state index contributed by atoms with van der Waals surface area (Å²) in [6, 6.07) is 14.1. The molecule has 0 atom stereocenters. The van der Waals surface area contributed by atoms with Gasteiger partial charge < -0.3 is 10.1 Å². The van der Waals surface area contributed by atoms with Crippen LogP contribution in [0.4, 0.5) is 0 Å². The molecule has 5 heteroatoms. The van der Waals surface area contributed by atoms with Gasteiger partial charge in [-0.25, -0.2) is 0 Å². The van der Waals surface area contributed by atoms with Gasteiger partial charge in [-0.3, -0.25) is 9.69 Å². The van der Waals surface area contributed by atoms with Crippen molar-refractivity contribution in [3.63, 3.8) is 0 Å². The lowest BCUT2D eigenvalue weighted by Gasteiger charge is -2.18. The van der Waals surface area contributed by atoms with Gasteiger partial charge in [0.05, 0.1) is 12.7 Å². The van der Waals surface area contributed by atoms with Gasteiger partial charge in [-0.2, -0.15) is 0 Å². The van der Waals surface area contributed by atoms with Crippen LogP contribution in [0.3, 0.4) is 0 Å². The number of nitrogens with one attached hydrogen (secondary N) is 1. The van der Waals surface area contributed by atoms with E-state index in [0.29, 0.717) is 17.9 Å². The molecule has 26 heavy (non-hydrogen) atoms. The first-order chi connectivity index (χ1) is 12.6. The zero-order valence-electron chi connectivity index (χ0n) is 16.0. The van der Waals surface area contributed by atoms with E-state index in [1.54, 1.807) is 18.9 Å². The van der Waals surface area contributed by atoms with Gasteiger partial charge in [0, 0.05) is 18.0 Å². The third kappa shape index (κ3) is 5.51. The maximum absolute atomic E-state index is 12.5. The van der Waals surface area contributed by atoms with Gasteiger partial charge in [0.15, 0.2) is 0 Å². The van der Waals surface area contributed by atoms with Crippen LogP contribution in [0.15, 0.2) is 47.4 Å². The van der Waals surface area contributed by atoms with Crippen molar-refractivity contribution in [2.75, 3.05) is 26.5 Å². The number of benzene rings is 2. The predicted octanol–water partition coefficient (Wildman–Crippen LogP) is 4.19. The molecule has 2 aromatic carbocycles. The molecular formula is C21H28N2O2S. The molecule has 0 aromatic heterocycles. The highest BCUT2D eigenvalue weighted by Gasteiger charge is 2.12. The topological polar surface area (TPSA) is 41.6 Å². The molecule has 0 fully saturated rings. The Morgan fingerprint density at radius 2 is 1.73 bits per heavy atom. The number of thioether (sulfide) groups is 1. The molecule has 0 saturated heterocycles. The molecule has 2 rings (SSSR count). The summed E-state index contributed by atoms with van der Waals surface area (Å²) in [7, 11) is 1.59. The average molecular weight is 373 g/mol. The molecular weight excluding hydrogens is 344 g/mol. The standard InChI is InChI=1S/C21H28N2O2S/c1-5-23(6-2)15-17-9-7-16(8-10-17)14-22-21(24)19-12-11-18(26-4)13-20(19)25-3/h7-13H,5-6,14-15H2,1-4H3,(H,22,24). The van der Waals surface area contributed by atoms with Crippen molar-refractivity contribution in [2.45, 2.75) is 31.8 Å². The highest BCUT2D eigenvalue weighted by atomic mass is 32.2. The van der Waals surface area contributed by atoms with Crippen LogP contribution in [0.25, 0.3) is 0 Å². The van der Waals surface area contributed by atoms with Gasteiger partial charge in [-0.15, -0.1) is 11.8 Å². The summed E-state index contributed by atoms with van der Waals surface area (Å²) in [5.74, 6) is 0.477. The molecule has 0 aliphatic carbocycles. The second-order valence-electron chi connectivity index (χ2n) is 6.03. The number of nitrogens with zero attached hydrogens (tertiary/aromatic N) is 1. The van der Waals surface area contributed by atoms with Gasteiger partial charge in [0.25, 0.3) is 5.91 Å². The summed E-state index contributed by atoms with van der Waals surface area (Å²) in [6.07, 6.45) is 2.00. The summed E-state index contributed by atoms with van der Waals surface area (Å²) >= 11 is 1.62. The smallest absolute Gasteiger partial charge is 0.255 e. The van der Waals surface area contributed by atoms with E-state index in [2.05, 4.69) is 48.3 Å². The summed E-state index contributed by atoms with van der Waals surface area (Å²) in [5, 5.41) is 2.97. The maximum atomic E-state index is 12.5. The van der Waals surface area contributed by atoms with Crippen LogP contribution >= 0.6 is 11.8 Å². The molecule has 0 saturated carbocycles. The average Bonchev–Trinajstić information content (AvgIpc) is 2.70. The Labute approximate surface area is 160 Å². The fourth-order valence-corrected chi connectivity index (χ4v) is 3.16. The Balaban J connectivity index is 1.97. The monoisotopic (exact) mass is 372 g/mol. The maximum Gasteiger partial charge on any atom is 0.255 e. The second-order valence-corrected chi connectivity index (χ2v) is 6.91. The summed E-state index contributed by atoms with van der Waals surface area (Å²) in [5.41, 5.74) is 2.93. The van der Waals surface area contributed by atoms with Gasteiger partial charge in [-0.1, -0.05) is 38.1 Å². The number of hydrogen-bond donors (Lipinski definition) is 1. The molecule has 4 nitrogen and oxygen atoms in total. The molecule has 1 amide bonds. The number of rotatable bonds is 9. The zero-order valence-corrected chi connectivity index (χ0v) is 16.9. The van der Waals surface area contributed by atoms with Crippen molar-refractivity contribution in [1.82, 2.24) is 10.2 Å². The van der Waals surface area contributed by atoms with Gasteiger partial charge >= 0.3 is 0 Å². The zero-order chi connectivity index (χ0) is 18.9. The molecule has 0 spiro atoms. The molecule has 1 N–H and O–H groups in total. The van der Waals surface area contributed by atoms with Crippen molar-refractivity contribution < 1.29 is 9.53 Å². The van der Waals surface area contributed by atoms with E-state index in [0.717, 1.165) is 30.1 Å². The van der Waals surface area contributed by atoms with Crippen LogP contribution in [0, 0.1) is 0 Å². The Morgan fingerprint density at radius 1 is 1.08 bits per heavy atom. The van der Waals surface area contributed by atoms with Crippen molar-refractivity contribution in [3.8, 4) is 5.75 Å². The van der Waals surface area contributed by atoms with E-state index in [9.17, 15) is 4.79 Å². The number of amides is 1. The molecule has 0 radical (unpaired) electrons. The first-order valence-corrected chi connectivity index (χ1v) is 10.1. The molecule has 140 valence electrons. The first-order valence-electron chi connectivity index (χ1n) is 8.91. The Morgan fingerprint density at radius 3 is 2.31 bits per heavy atom. The van der Waals surface area contributed by atoms with Crippen molar-refractivity contribution >= 4 is 17.7 Å². The molecule has 0 aliphatic heterocycles. The van der Waals surface area contributed by atoms with Gasteiger partial charge in [0.2, 0.25) is 0 Å². The lowest BCUT2D eigenvalue weighted by molar-refractivity contribution is 0.0948. The van der Waals surface area contributed by atoms with E-state index < -0.39 is 0 Å². The fourth-order valence-electron chi connectivity index (χ4n) is 2.73. The number of carbonyl (C=O) groups is 1. The van der Waals surface area contributed by atoms with Crippen molar-refractivity contribution in [2.24, 2.45) is 0 Å². The van der Waals surface area contributed by atoms with Crippen LogP contribution in [0.1, 0.15) is 35.3 Å². The normalized spacial score (nSPS) is 10.8. The highest BCUT2D eigenvalue weighted by Crippen LogP contribution is 2.25. The largest absolute Gasteiger partial charge is 0.496 e. The molecule has 0 heterocycles. The van der Waals surface area contributed by atoms with Crippen LogP contribution in [-0.2, 0) is 13.1 Å². The van der Waals surface area contributed by atoms with E-state index in [1.165, 1.54) is 5.56 Å². The molecule has 0 unspecified atom stereocenters. The number of methoxy groups -OCH3 is 1. The van der Waals surface area contributed by atoms with E-state index in [4.69, 9.17) is 4.74 Å². The first kappa shape index (κ1) is 20.3. The van der Waals surface area contributed by atoms with E-state index >= 15 is 0 Å². The second kappa shape index (κ2) is 10.2. The van der Waals surface area contributed by atoms with Crippen molar-refractivity contribution in [3.05, 3.63) is 59.2 Å². The predicted molar refractivity (Wildman–Crippen MR) is 109 cm³/mol. The molecule has 0 aliphatic rings. The summed E-state index contributed by atoms with van der Waals surface area (Å²) in [4.78, 5) is 15.9. The van der Waals surface area contributed by atoms with Gasteiger partial charge in [0.1, 0.15) is 5.75 Å². The van der Waals surface area contributed by atoms with E-state index in [-0.39, 0.29) is 5.91 Å². The third-order valence-corrected chi connectivity index (χ3v) is 5.16. The quantitative estimate of drug-likeness (QED) is 0.670. The van der Waals surface area contributed by atoms with Crippen molar-refractivity contribution in [1.29, 1.82) is 0 Å². The minimum atomic E-state index is -0.123. The Bertz CT molecular complexity index is 712. The number of ether oxygens (including phenoxy) is 1. The fraction of sp³-hybridized carbons (Fsp3) is 0.381. The Hall–Kier alpha value is -1.98. The lowest BCUT2D eigenvalue weighted by Crippen LogP contribution is -2.23. The summed E-state index contributed by atoms with van der Waals surface area (Å²) < 4.78 is 5.36. The minimum Gasteiger partial charge on any atom is -0.496 e. The van der Waals surface area contributed by atoms with Gasteiger partial charge in [-0.05, 0) is 48.7 Å². The lowest BCUT2D eigenvalue weighted by atomic mass is 10.1. The SMILES string of the molecule is CCN(CC)Cc1ccc(CNC(=O)c2ccc(SC)cc2OC)cc1. The molecule has 0 bridgehead atoms. The number of carbonyl (C=O) groups excluding carboxylic acids is 1. The van der Waals surface area contributed by atoms with Crippen LogP contribution in [-0.4, -0.2) is 37.3 Å². The minimum absolute atomic E-state index is 0.123. The summed E-state index contributed by atoms with van der Waals surface area (Å²) in [6.45, 7) is 7.90. The Kier molecular flexibility index (Phi) is 8.01. The highest BCUT2D eigenvalue weighted by molar-refractivity contribution is 7.98. The van der Waals surface area contributed by atoms with Crippen LogP contribution in [0.5, 0.6) is 5.75 Å². The molecule has 2 aromatic rings. The van der Waals surface area contributed by atoms with Crippen LogP contribution < -0.4 is 10.1 Å². The van der Waals surface area contributed by atoms with E-state index in [1.807, 2.05) is 24.5 Å². The van der Waals surface area contributed by atoms with Crippen LogP contribution in [0.2, 0.25) is 0 Å². The number of hydrogen-bond acceptors (Lipinski definition) is 4.